The first-order valence-electron chi connectivity index (χ1n) is 9.80. The highest BCUT2D eigenvalue weighted by atomic mass is 32.1. The molecule has 0 saturated carbocycles. The summed E-state index contributed by atoms with van der Waals surface area (Å²) in [6, 6.07) is 13.8. The third-order valence-electron chi connectivity index (χ3n) is 4.41. The van der Waals surface area contributed by atoms with E-state index in [2.05, 4.69) is 31.8 Å². The highest BCUT2D eigenvalue weighted by Crippen LogP contribution is 2.25. The molecule has 0 fully saturated rings. The SMILES string of the molecule is CCc1ccccc1NC(=O)CNC(=O)NNC(=O)[C@H](C)Nc1nc2ccccc2s1. The molecule has 0 aliphatic rings. The first-order chi connectivity index (χ1) is 15.0. The third kappa shape index (κ3) is 6.16. The van der Waals surface area contributed by atoms with Crippen LogP contribution in [0.5, 0.6) is 0 Å². The lowest BCUT2D eigenvalue weighted by Crippen LogP contribution is -2.51. The summed E-state index contributed by atoms with van der Waals surface area (Å²) in [6.07, 6.45) is 0.777. The van der Waals surface area contributed by atoms with Crippen molar-refractivity contribution in [2.24, 2.45) is 0 Å². The van der Waals surface area contributed by atoms with Crippen molar-refractivity contribution in [2.75, 3.05) is 17.2 Å². The van der Waals surface area contributed by atoms with Crippen LogP contribution in [0.1, 0.15) is 19.4 Å². The number of hydrogen-bond donors (Lipinski definition) is 5. The van der Waals surface area contributed by atoms with Crippen LogP contribution in [0.4, 0.5) is 15.6 Å². The van der Waals surface area contributed by atoms with Crippen LogP contribution in [-0.4, -0.2) is 35.4 Å². The third-order valence-corrected chi connectivity index (χ3v) is 5.38. The summed E-state index contributed by atoms with van der Waals surface area (Å²) < 4.78 is 1.01. The van der Waals surface area contributed by atoms with E-state index in [1.54, 1.807) is 13.0 Å². The van der Waals surface area contributed by atoms with Gasteiger partial charge in [0.25, 0.3) is 5.91 Å². The van der Waals surface area contributed by atoms with E-state index in [1.807, 2.05) is 49.4 Å². The van der Waals surface area contributed by atoms with Crippen LogP contribution in [0.3, 0.4) is 0 Å². The Morgan fingerprint density at radius 1 is 1.03 bits per heavy atom. The Kier molecular flexibility index (Phi) is 7.39. The zero-order valence-corrected chi connectivity index (χ0v) is 18.0. The molecule has 0 saturated heterocycles. The van der Waals surface area contributed by atoms with Gasteiger partial charge in [-0.2, -0.15) is 0 Å². The highest BCUT2D eigenvalue weighted by molar-refractivity contribution is 7.22. The monoisotopic (exact) mass is 440 g/mol. The van der Waals surface area contributed by atoms with Crippen molar-refractivity contribution in [3.63, 3.8) is 0 Å². The second-order valence-corrected chi connectivity index (χ2v) is 7.74. The number of nitrogens with zero attached hydrogens (tertiary/aromatic N) is 1. The van der Waals surface area contributed by atoms with Crippen LogP contribution in [-0.2, 0) is 16.0 Å². The molecule has 0 unspecified atom stereocenters. The lowest BCUT2D eigenvalue weighted by Gasteiger charge is -2.14. The van der Waals surface area contributed by atoms with Crippen molar-refractivity contribution in [1.29, 1.82) is 0 Å². The molecular weight excluding hydrogens is 416 g/mol. The summed E-state index contributed by atoms with van der Waals surface area (Å²) in [6.45, 7) is 3.41. The quantitative estimate of drug-likeness (QED) is 0.361. The summed E-state index contributed by atoms with van der Waals surface area (Å²) >= 11 is 1.44. The van der Waals surface area contributed by atoms with Crippen LogP contribution in [0.15, 0.2) is 48.5 Å². The van der Waals surface area contributed by atoms with Crippen molar-refractivity contribution in [3.8, 4) is 0 Å². The number of rotatable bonds is 7. The smallest absolute Gasteiger partial charge is 0.333 e. The number of thiazole rings is 1. The van der Waals surface area contributed by atoms with Crippen molar-refractivity contribution in [2.45, 2.75) is 26.3 Å². The van der Waals surface area contributed by atoms with Crippen molar-refractivity contribution >= 4 is 50.2 Å². The van der Waals surface area contributed by atoms with Crippen LogP contribution >= 0.6 is 11.3 Å². The normalized spacial score (nSPS) is 11.4. The second kappa shape index (κ2) is 10.4. The average Bonchev–Trinajstić information content (AvgIpc) is 3.18. The Labute approximate surface area is 183 Å². The molecule has 162 valence electrons. The molecule has 10 heteroatoms. The topological polar surface area (TPSA) is 124 Å². The van der Waals surface area contributed by atoms with Gasteiger partial charge in [0.2, 0.25) is 5.91 Å². The van der Waals surface area contributed by atoms with E-state index in [1.165, 1.54) is 11.3 Å². The van der Waals surface area contributed by atoms with Crippen molar-refractivity contribution < 1.29 is 14.4 Å². The Hall–Kier alpha value is -3.66. The van der Waals surface area contributed by atoms with Gasteiger partial charge in [0.1, 0.15) is 6.04 Å². The van der Waals surface area contributed by atoms with Gasteiger partial charge >= 0.3 is 6.03 Å². The fourth-order valence-electron chi connectivity index (χ4n) is 2.76. The predicted molar refractivity (Wildman–Crippen MR) is 122 cm³/mol. The molecule has 31 heavy (non-hydrogen) atoms. The van der Waals surface area contributed by atoms with Gasteiger partial charge in [-0.1, -0.05) is 48.6 Å². The molecule has 0 aliphatic carbocycles. The molecule has 4 amide bonds. The number of nitrogens with one attached hydrogen (secondary N) is 5. The number of carbonyl (C=O) groups excluding carboxylic acids is 3. The lowest BCUT2D eigenvalue weighted by atomic mass is 10.1. The maximum atomic E-state index is 12.2. The van der Waals surface area contributed by atoms with Crippen LogP contribution in [0, 0.1) is 0 Å². The molecule has 0 spiro atoms. The van der Waals surface area contributed by atoms with E-state index < -0.39 is 18.0 Å². The minimum atomic E-state index is -0.695. The Morgan fingerprint density at radius 3 is 2.55 bits per heavy atom. The zero-order chi connectivity index (χ0) is 22.2. The van der Waals surface area contributed by atoms with Gasteiger partial charge in [0, 0.05) is 5.69 Å². The number of anilines is 2. The van der Waals surface area contributed by atoms with Gasteiger partial charge < -0.3 is 16.0 Å². The average molecular weight is 441 g/mol. The molecule has 0 bridgehead atoms. The first kappa shape index (κ1) is 22.0. The summed E-state index contributed by atoms with van der Waals surface area (Å²) in [4.78, 5) is 40.5. The van der Waals surface area contributed by atoms with Crippen LogP contribution < -0.4 is 26.8 Å². The van der Waals surface area contributed by atoms with Gasteiger partial charge in [-0.3, -0.25) is 15.0 Å². The molecule has 3 aromatic rings. The molecule has 9 nitrogen and oxygen atoms in total. The molecule has 1 atom stereocenters. The standard InChI is InChI=1S/C21H24N6O3S/c1-3-14-8-4-5-9-15(14)24-18(28)12-22-20(30)27-26-19(29)13(2)23-21-25-16-10-6-7-11-17(16)31-21/h4-11,13H,3,12H2,1-2H3,(H,23,25)(H,24,28)(H,26,29)(H2,22,27,30)/t13-/m0/s1. The van der Waals surface area contributed by atoms with Gasteiger partial charge in [-0.05, 0) is 37.1 Å². The summed E-state index contributed by atoms with van der Waals surface area (Å²) in [5.74, 6) is -0.816. The minimum absolute atomic E-state index is 0.237. The van der Waals surface area contributed by atoms with Gasteiger partial charge in [-0.15, -0.1) is 0 Å². The fraction of sp³-hybridized carbons (Fsp3) is 0.238. The van der Waals surface area contributed by atoms with Crippen molar-refractivity contribution in [3.05, 3.63) is 54.1 Å². The van der Waals surface area contributed by atoms with Gasteiger partial charge in [0.05, 0.1) is 16.8 Å². The highest BCUT2D eigenvalue weighted by Gasteiger charge is 2.16. The number of hydrogen-bond acceptors (Lipinski definition) is 6. The van der Waals surface area contributed by atoms with Gasteiger partial charge in [-0.25, -0.2) is 15.2 Å². The first-order valence-corrected chi connectivity index (χ1v) is 10.6. The largest absolute Gasteiger partial charge is 0.350 e. The number of aromatic nitrogens is 1. The van der Waals surface area contributed by atoms with Crippen molar-refractivity contribution in [1.82, 2.24) is 21.2 Å². The summed E-state index contributed by atoms with van der Waals surface area (Å²) in [7, 11) is 0. The maximum absolute atomic E-state index is 12.2. The number of aryl methyl sites for hydroxylation is 1. The van der Waals surface area contributed by atoms with E-state index in [4.69, 9.17) is 0 Å². The second-order valence-electron chi connectivity index (χ2n) is 6.71. The maximum Gasteiger partial charge on any atom is 0.333 e. The van der Waals surface area contributed by atoms with E-state index in [-0.39, 0.29) is 12.5 Å². The summed E-state index contributed by atoms with van der Waals surface area (Å²) in [5, 5.41) is 8.76. The number of para-hydroxylation sites is 2. The van der Waals surface area contributed by atoms with E-state index >= 15 is 0 Å². The van der Waals surface area contributed by atoms with E-state index in [0.29, 0.717) is 10.8 Å². The number of benzene rings is 2. The number of urea groups is 1. The van der Waals surface area contributed by atoms with Crippen LogP contribution in [0.25, 0.3) is 10.2 Å². The van der Waals surface area contributed by atoms with Crippen LogP contribution in [0.2, 0.25) is 0 Å². The molecule has 5 N–H and O–H groups in total. The van der Waals surface area contributed by atoms with Gasteiger partial charge in [0.15, 0.2) is 5.13 Å². The Balaban J connectivity index is 1.40. The molecular formula is C21H24N6O3S. The Bertz CT molecular complexity index is 1050. The minimum Gasteiger partial charge on any atom is -0.350 e. The molecule has 1 aromatic heterocycles. The van der Waals surface area contributed by atoms with E-state index in [0.717, 1.165) is 22.2 Å². The predicted octanol–water partition coefficient (Wildman–Crippen LogP) is 2.63. The molecule has 1 heterocycles. The molecule has 2 aromatic carbocycles. The number of fused-ring (bicyclic) bond motifs is 1. The Morgan fingerprint density at radius 2 is 1.77 bits per heavy atom. The van der Waals surface area contributed by atoms with E-state index in [9.17, 15) is 14.4 Å². The number of amides is 4. The number of hydrazine groups is 1. The molecule has 0 aliphatic heterocycles. The fourth-order valence-corrected chi connectivity index (χ4v) is 3.71. The summed E-state index contributed by atoms with van der Waals surface area (Å²) in [5.41, 5.74) is 7.10. The molecule has 0 radical (unpaired) electrons. The molecule has 3 rings (SSSR count). The number of carbonyl (C=O) groups is 3. The zero-order valence-electron chi connectivity index (χ0n) is 17.2. The lowest BCUT2D eigenvalue weighted by molar-refractivity contribution is -0.122.